The zero-order valence-electron chi connectivity index (χ0n) is 25.2. The van der Waals surface area contributed by atoms with Crippen molar-refractivity contribution in [3.05, 3.63) is 182 Å². The molecule has 0 saturated carbocycles. The number of H-pyrrole nitrogens is 2. The van der Waals surface area contributed by atoms with E-state index in [1.807, 2.05) is 109 Å². The molecule has 0 aliphatic carbocycles. The Kier molecular flexibility index (Phi) is 8.42. The molecular weight excluding hydrogens is 560 g/mol. The van der Waals surface area contributed by atoms with E-state index in [0.717, 1.165) is 67.8 Å². The van der Waals surface area contributed by atoms with Crippen LogP contribution in [0, 0.1) is 0 Å². The molecule has 6 aromatic carbocycles. The third kappa shape index (κ3) is 6.33. The maximum atomic E-state index is 4.87. The standard InChI is InChI=1S/2C21H16N2/c2*1-4-10-16(11-5-1)19-20(17-12-6-2-7-13-17)23-21(22-19)18-14-8-3-9-15-18/h2*1-15H,(H,22,23). The van der Waals surface area contributed by atoms with E-state index in [-0.39, 0.29) is 0 Å². The van der Waals surface area contributed by atoms with Gasteiger partial charge in [0.2, 0.25) is 0 Å². The average molecular weight is 593 g/mol. The lowest BCUT2D eigenvalue weighted by atomic mass is 10.1. The molecule has 0 aliphatic heterocycles. The second-order valence-electron chi connectivity index (χ2n) is 10.8. The molecule has 46 heavy (non-hydrogen) atoms. The van der Waals surface area contributed by atoms with Gasteiger partial charge in [-0.25, -0.2) is 9.97 Å². The highest BCUT2D eigenvalue weighted by molar-refractivity contribution is 5.82. The summed E-state index contributed by atoms with van der Waals surface area (Å²) in [5.74, 6) is 1.78. The minimum absolute atomic E-state index is 0.892. The Morgan fingerprint density at radius 3 is 0.783 bits per heavy atom. The summed E-state index contributed by atoms with van der Waals surface area (Å²) in [5.41, 5.74) is 10.8. The van der Waals surface area contributed by atoms with E-state index in [1.165, 1.54) is 0 Å². The fourth-order valence-electron chi connectivity index (χ4n) is 5.45. The fraction of sp³-hybridized carbons (Fsp3) is 0. The normalized spacial score (nSPS) is 10.6. The van der Waals surface area contributed by atoms with Crippen LogP contribution in [-0.2, 0) is 0 Å². The number of nitrogens with one attached hydrogen (secondary N) is 2. The van der Waals surface area contributed by atoms with Crippen molar-refractivity contribution >= 4 is 0 Å². The molecule has 2 N–H and O–H groups in total. The summed E-state index contributed by atoms with van der Waals surface area (Å²) < 4.78 is 0. The minimum Gasteiger partial charge on any atom is -0.337 e. The lowest BCUT2D eigenvalue weighted by Crippen LogP contribution is -1.82. The van der Waals surface area contributed by atoms with Crippen LogP contribution >= 0.6 is 0 Å². The predicted octanol–water partition coefficient (Wildman–Crippen LogP) is 10.8. The summed E-state index contributed by atoms with van der Waals surface area (Å²) in [4.78, 5) is 16.7. The first-order valence-corrected chi connectivity index (χ1v) is 15.4. The third-order valence-electron chi connectivity index (χ3n) is 7.72. The van der Waals surface area contributed by atoms with E-state index in [9.17, 15) is 0 Å². The molecular formula is C42H32N4. The number of aromatic nitrogens is 4. The van der Waals surface area contributed by atoms with Crippen LogP contribution in [0.15, 0.2) is 182 Å². The van der Waals surface area contributed by atoms with Crippen molar-refractivity contribution in [3.63, 3.8) is 0 Å². The number of imidazole rings is 2. The van der Waals surface area contributed by atoms with Crippen LogP contribution in [0.3, 0.4) is 0 Å². The Morgan fingerprint density at radius 1 is 0.261 bits per heavy atom. The third-order valence-corrected chi connectivity index (χ3v) is 7.72. The van der Waals surface area contributed by atoms with Crippen molar-refractivity contribution in [2.75, 3.05) is 0 Å². The van der Waals surface area contributed by atoms with Crippen LogP contribution in [0.25, 0.3) is 67.8 Å². The molecule has 0 amide bonds. The van der Waals surface area contributed by atoms with E-state index in [1.54, 1.807) is 0 Å². The molecule has 0 bridgehead atoms. The molecule has 0 saturated heterocycles. The Bertz CT molecular complexity index is 1830. The number of rotatable bonds is 6. The summed E-state index contributed by atoms with van der Waals surface area (Å²) in [6.07, 6.45) is 0. The van der Waals surface area contributed by atoms with Gasteiger partial charge in [-0.15, -0.1) is 0 Å². The van der Waals surface area contributed by atoms with Crippen LogP contribution in [0.4, 0.5) is 0 Å². The number of benzene rings is 6. The molecule has 2 heterocycles. The van der Waals surface area contributed by atoms with Gasteiger partial charge in [-0.05, 0) is 0 Å². The molecule has 0 spiro atoms. The van der Waals surface area contributed by atoms with Gasteiger partial charge < -0.3 is 9.97 Å². The smallest absolute Gasteiger partial charge is 0.138 e. The summed E-state index contributed by atoms with van der Waals surface area (Å²) >= 11 is 0. The second-order valence-corrected chi connectivity index (χ2v) is 10.8. The highest BCUT2D eigenvalue weighted by Gasteiger charge is 2.16. The molecule has 0 fully saturated rings. The lowest BCUT2D eigenvalue weighted by Gasteiger charge is -2.02. The van der Waals surface area contributed by atoms with Gasteiger partial charge in [0, 0.05) is 33.4 Å². The van der Waals surface area contributed by atoms with Crippen LogP contribution < -0.4 is 0 Å². The van der Waals surface area contributed by atoms with Gasteiger partial charge in [-0.1, -0.05) is 182 Å². The monoisotopic (exact) mass is 592 g/mol. The van der Waals surface area contributed by atoms with E-state index in [0.29, 0.717) is 0 Å². The van der Waals surface area contributed by atoms with Gasteiger partial charge >= 0.3 is 0 Å². The molecule has 0 atom stereocenters. The first-order chi connectivity index (χ1) is 22.8. The van der Waals surface area contributed by atoms with Crippen molar-refractivity contribution < 1.29 is 0 Å². The fourth-order valence-corrected chi connectivity index (χ4v) is 5.45. The van der Waals surface area contributed by atoms with Crippen molar-refractivity contribution in [1.82, 2.24) is 19.9 Å². The highest BCUT2D eigenvalue weighted by atomic mass is 14.9. The first kappa shape index (κ1) is 28.5. The SMILES string of the molecule is c1ccc(-c2nc(-c3ccccc3)c(-c3ccccc3)[nH]2)cc1.c1ccc(-c2nc(-c3ccccc3)c(-c3ccccc3)[nH]2)cc1. The molecule has 2 aromatic heterocycles. The summed E-state index contributed by atoms with van der Waals surface area (Å²) in [6, 6.07) is 61.7. The summed E-state index contributed by atoms with van der Waals surface area (Å²) in [6.45, 7) is 0. The van der Waals surface area contributed by atoms with E-state index in [4.69, 9.17) is 9.97 Å². The van der Waals surface area contributed by atoms with Crippen molar-refractivity contribution in [2.45, 2.75) is 0 Å². The summed E-state index contributed by atoms with van der Waals surface area (Å²) in [7, 11) is 0. The molecule has 8 rings (SSSR count). The molecule has 0 unspecified atom stereocenters. The Balaban J connectivity index is 0.000000147. The number of nitrogens with zero attached hydrogens (tertiary/aromatic N) is 2. The van der Waals surface area contributed by atoms with Crippen LogP contribution in [0.1, 0.15) is 0 Å². The van der Waals surface area contributed by atoms with E-state index >= 15 is 0 Å². The molecule has 220 valence electrons. The Morgan fingerprint density at radius 2 is 0.500 bits per heavy atom. The number of aromatic amines is 2. The molecule has 4 nitrogen and oxygen atoms in total. The largest absolute Gasteiger partial charge is 0.337 e. The summed E-state index contributed by atoms with van der Waals surface area (Å²) in [5, 5.41) is 0. The van der Waals surface area contributed by atoms with Crippen LogP contribution in [0.2, 0.25) is 0 Å². The Labute approximate surface area is 269 Å². The van der Waals surface area contributed by atoms with Crippen molar-refractivity contribution in [2.24, 2.45) is 0 Å². The van der Waals surface area contributed by atoms with Gasteiger partial charge in [-0.3, -0.25) is 0 Å². The minimum atomic E-state index is 0.892. The van der Waals surface area contributed by atoms with Gasteiger partial charge in [0.1, 0.15) is 11.6 Å². The van der Waals surface area contributed by atoms with E-state index in [2.05, 4.69) is 82.8 Å². The van der Waals surface area contributed by atoms with Gasteiger partial charge in [0.25, 0.3) is 0 Å². The predicted molar refractivity (Wildman–Crippen MR) is 190 cm³/mol. The lowest BCUT2D eigenvalue weighted by molar-refractivity contribution is 1.31. The first-order valence-electron chi connectivity index (χ1n) is 15.4. The highest BCUT2D eigenvalue weighted by Crippen LogP contribution is 2.34. The zero-order valence-corrected chi connectivity index (χ0v) is 25.2. The zero-order chi connectivity index (χ0) is 31.0. The van der Waals surface area contributed by atoms with Crippen molar-refractivity contribution in [3.8, 4) is 67.8 Å². The van der Waals surface area contributed by atoms with Crippen molar-refractivity contribution in [1.29, 1.82) is 0 Å². The maximum Gasteiger partial charge on any atom is 0.138 e. The number of hydrogen-bond donors (Lipinski definition) is 2. The van der Waals surface area contributed by atoms with Crippen LogP contribution in [0.5, 0.6) is 0 Å². The van der Waals surface area contributed by atoms with E-state index < -0.39 is 0 Å². The second kappa shape index (κ2) is 13.6. The molecule has 8 aromatic rings. The number of hydrogen-bond acceptors (Lipinski definition) is 2. The van der Waals surface area contributed by atoms with Gasteiger partial charge in [0.05, 0.1) is 22.8 Å². The molecule has 0 aliphatic rings. The van der Waals surface area contributed by atoms with Gasteiger partial charge in [0.15, 0.2) is 0 Å². The average Bonchev–Trinajstić information content (AvgIpc) is 3.81. The molecule has 4 heteroatoms. The van der Waals surface area contributed by atoms with Gasteiger partial charge in [-0.2, -0.15) is 0 Å². The quantitative estimate of drug-likeness (QED) is 0.202. The topological polar surface area (TPSA) is 57.4 Å². The maximum absolute atomic E-state index is 4.87. The van der Waals surface area contributed by atoms with Crippen LogP contribution in [-0.4, -0.2) is 19.9 Å². The Hall–Kier alpha value is -6.26. The molecule has 0 radical (unpaired) electrons.